The van der Waals surface area contributed by atoms with E-state index in [1.807, 2.05) is 31.2 Å². The maximum Gasteiger partial charge on any atom is 0.404 e. The number of allylic oxidation sites excluding steroid dienone is 1. The van der Waals surface area contributed by atoms with Gasteiger partial charge >= 0.3 is 6.09 Å². The van der Waals surface area contributed by atoms with E-state index in [-0.39, 0.29) is 24.9 Å². The number of benzene rings is 1. The summed E-state index contributed by atoms with van der Waals surface area (Å²) in [6, 6.07) is 12.2. The normalized spacial score (nSPS) is 18.4. The third-order valence-corrected chi connectivity index (χ3v) is 5.83. The Balaban J connectivity index is 1.91. The third kappa shape index (κ3) is 5.89. The number of ether oxygens (including phenoxy) is 2. The summed E-state index contributed by atoms with van der Waals surface area (Å²) in [6.07, 6.45) is 0.895. The third-order valence-electron chi connectivity index (χ3n) is 4.70. The van der Waals surface area contributed by atoms with Crippen molar-refractivity contribution in [3.8, 4) is 0 Å². The molecule has 2 heterocycles. The van der Waals surface area contributed by atoms with Gasteiger partial charge in [-0.3, -0.25) is 4.98 Å². The van der Waals surface area contributed by atoms with Crippen LogP contribution in [0, 0.1) is 11.7 Å². The summed E-state index contributed by atoms with van der Waals surface area (Å²) < 4.78 is 24.7. The number of pyridine rings is 1. The number of hydrogen-bond acceptors (Lipinski definition) is 7. The van der Waals surface area contributed by atoms with Crippen molar-refractivity contribution in [2.24, 2.45) is 11.7 Å². The Morgan fingerprint density at radius 3 is 2.74 bits per heavy atom. The van der Waals surface area contributed by atoms with E-state index in [0.29, 0.717) is 6.54 Å². The molecule has 1 unspecified atom stereocenters. The molecule has 0 saturated carbocycles. The molecule has 0 saturated heterocycles. The zero-order valence-electron chi connectivity index (χ0n) is 17.8. The number of hydrogen-bond donors (Lipinski definition) is 2. The average molecular weight is 447 g/mol. The molecule has 9 heteroatoms. The van der Waals surface area contributed by atoms with Crippen LogP contribution in [0.15, 0.2) is 64.3 Å². The molecule has 0 radical (unpaired) electrons. The molecule has 0 fully saturated rings. The lowest BCUT2D eigenvalue weighted by molar-refractivity contribution is -0.142. The lowest BCUT2D eigenvalue weighted by Gasteiger charge is -2.37. The first-order chi connectivity index (χ1) is 14.8. The van der Waals surface area contributed by atoms with Crippen LogP contribution >= 0.6 is 11.8 Å². The van der Waals surface area contributed by atoms with E-state index in [1.165, 1.54) is 23.9 Å². The van der Waals surface area contributed by atoms with Gasteiger partial charge in [0.05, 0.1) is 23.9 Å². The molecule has 1 aliphatic rings. The number of rotatable bonds is 9. The van der Waals surface area contributed by atoms with Crippen LogP contribution in [0.1, 0.15) is 26.5 Å². The molecule has 0 spiro atoms. The first kappa shape index (κ1) is 22.9. The lowest BCUT2D eigenvalue weighted by atomic mass is 10.1. The van der Waals surface area contributed by atoms with E-state index in [0.717, 1.165) is 21.3 Å². The van der Waals surface area contributed by atoms with Gasteiger partial charge in [0.1, 0.15) is 12.4 Å². The molecule has 2 aromatic rings. The Labute approximate surface area is 185 Å². The number of nitrogens with two attached hydrogens (primary N) is 1. The lowest BCUT2D eigenvalue weighted by Crippen LogP contribution is -2.52. The summed E-state index contributed by atoms with van der Waals surface area (Å²) in [6.45, 7) is 6.71. The predicted octanol–water partition coefficient (Wildman–Crippen LogP) is 4.03. The minimum Gasteiger partial charge on any atom is -0.447 e. The van der Waals surface area contributed by atoms with Gasteiger partial charge in [-0.15, -0.1) is 0 Å². The molecule has 0 bridgehead atoms. The van der Waals surface area contributed by atoms with E-state index in [9.17, 15) is 9.18 Å². The minimum atomic E-state index is -0.923. The van der Waals surface area contributed by atoms with Crippen LogP contribution in [0.2, 0.25) is 0 Å². The number of carbonyl (C=O) groups excluding carboxylic acids is 1. The number of thioether (sulfide) groups is 1. The smallest absolute Gasteiger partial charge is 0.404 e. The fourth-order valence-corrected chi connectivity index (χ4v) is 4.51. The van der Waals surface area contributed by atoms with Gasteiger partial charge in [-0.25, -0.2) is 9.18 Å². The van der Waals surface area contributed by atoms with Crippen molar-refractivity contribution in [2.75, 3.05) is 13.2 Å². The number of nitrogens with one attached hydrogen (secondary N) is 1. The van der Waals surface area contributed by atoms with Crippen LogP contribution < -0.4 is 11.1 Å². The van der Waals surface area contributed by atoms with E-state index in [4.69, 9.17) is 15.2 Å². The first-order valence-corrected chi connectivity index (χ1v) is 10.8. The average Bonchev–Trinajstić information content (AvgIpc) is 2.99. The molecular formula is C22H27FN4O3S. The van der Waals surface area contributed by atoms with Crippen LogP contribution in [0.5, 0.6) is 0 Å². The van der Waals surface area contributed by atoms with E-state index >= 15 is 0 Å². The largest absolute Gasteiger partial charge is 0.447 e. The molecular weight excluding hydrogens is 419 g/mol. The quantitative estimate of drug-likeness (QED) is 0.562. The standard InChI is InChI=1S/C22H27FN4O3S/c1-15(2)19-20(31-18-9-6-7-16(23)13-18)27(14-17-8-4-5-10-25-17)22(3,26-19)30-12-11-29-21(24)28/h4-10,13,15,26H,11-12,14H2,1-3H3,(H2,24,28). The molecule has 0 aliphatic carbocycles. The second kappa shape index (κ2) is 10.0. The second-order valence-electron chi connectivity index (χ2n) is 7.46. The Bertz CT molecular complexity index is 941. The van der Waals surface area contributed by atoms with E-state index < -0.39 is 11.9 Å². The van der Waals surface area contributed by atoms with Crippen molar-refractivity contribution in [1.29, 1.82) is 0 Å². The predicted molar refractivity (Wildman–Crippen MR) is 117 cm³/mol. The van der Waals surface area contributed by atoms with E-state index in [1.54, 1.807) is 12.3 Å². The molecule has 1 aromatic carbocycles. The van der Waals surface area contributed by atoms with Gasteiger partial charge < -0.3 is 25.4 Å². The van der Waals surface area contributed by atoms with Crippen LogP contribution in [0.25, 0.3) is 0 Å². The summed E-state index contributed by atoms with van der Waals surface area (Å²) in [4.78, 5) is 18.2. The molecule has 3 N–H and O–H groups in total. The molecule has 1 aromatic heterocycles. The van der Waals surface area contributed by atoms with Crippen molar-refractivity contribution in [3.63, 3.8) is 0 Å². The van der Waals surface area contributed by atoms with Gasteiger partial charge in [0, 0.05) is 23.7 Å². The number of aromatic nitrogens is 1. The molecule has 1 aliphatic heterocycles. The number of amides is 1. The first-order valence-electron chi connectivity index (χ1n) is 9.98. The Kier molecular flexibility index (Phi) is 7.40. The molecule has 3 rings (SSSR count). The van der Waals surface area contributed by atoms with Gasteiger partial charge in [0.2, 0.25) is 5.85 Å². The maximum atomic E-state index is 13.8. The highest BCUT2D eigenvalue weighted by Crippen LogP contribution is 2.42. The van der Waals surface area contributed by atoms with Crippen LogP contribution in [0.4, 0.5) is 9.18 Å². The maximum absolute atomic E-state index is 13.8. The Morgan fingerprint density at radius 2 is 2.10 bits per heavy atom. The number of primary amides is 1. The highest BCUT2D eigenvalue weighted by molar-refractivity contribution is 8.03. The summed E-state index contributed by atoms with van der Waals surface area (Å²) in [5.41, 5.74) is 6.87. The van der Waals surface area contributed by atoms with Gasteiger partial charge in [0.15, 0.2) is 0 Å². The van der Waals surface area contributed by atoms with Crippen LogP contribution in [0.3, 0.4) is 0 Å². The highest BCUT2D eigenvalue weighted by Gasteiger charge is 2.43. The molecule has 1 amide bonds. The second-order valence-corrected chi connectivity index (χ2v) is 8.53. The number of halogens is 1. The SMILES string of the molecule is CC(C)C1=C(Sc2cccc(F)c2)N(Cc2ccccn2)C(C)(OCCOC(N)=O)N1. The summed E-state index contributed by atoms with van der Waals surface area (Å²) >= 11 is 1.47. The minimum absolute atomic E-state index is 0.0351. The summed E-state index contributed by atoms with van der Waals surface area (Å²) in [5.74, 6) is -1.05. The Hall–Kier alpha value is -2.78. The molecule has 166 valence electrons. The zero-order valence-corrected chi connectivity index (χ0v) is 18.6. The van der Waals surface area contributed by atoms with Crippen LogP contribution in [-0.2, 0) is 16.0 Å². The fourth-order valence-electron chi connectivity index (χ4n) is 3.23. The van der Waals surface area contributed by atoms with Crippen molar-refractivity contribution in [3.05, 3.63) is 70.9 Å². The number of carbonyl (C=O) groups is 1. The number of nitrogens with zero attached hydrogens (tertiary/aromatic N) is 2. The van der Waals surface area contributed by atoms with E-state index in [2.05, 4.69) is 29.0 Å². The van der Waals surface area contributed by atoms with Crippen molar-refractivity contribution in [2.45, 2.75) is 38.1 Å². The van der Waals surface area contributed by atoms with Gasteiger partial charge in [-0.2, -0.15) is 0 Å². The Morgan fingerprint density at radius 1 is 1.29 bits per heavy atom. The van der Waals surface area contributed by atoms with Crippen molar-refractivity contribution in [1.82, 2.24) is 15.2 Å². The fraction of sp³-hybridized carbons (Fsp3) is 0.364. The van der Waals surface area contributed by atoms with Gasteiger partial charge in [-0.05, 0) is 36.2 Å². The summed E-state index contributed by atoms with van der Waals surface area (Å²) in [7, 11) is 0. The summed E-state index contributed by atoms with van der Waals surface area (Å²) in [5, 5.41) is 4.40. The van der Waals surface area contributed by atoms with Crippen molar-refractivity contribution >= 4 is 17.9 Å². The van der Waals surface area contributed by atoms with Gasteiger partial charge in [0.25, 0.3) is 0 Å². The highest BCUT2D eigenvalue weighted by atomic mass is 32.2. The zero-order chi connectivity index (χ0) is 22.4. The molecule has 1 atom stereocenters. The van der Waals surface area contributed by atoms with Crippen LogP contribution in [-0.4, -0.2) is 35.0 Å². The van der Waals surface area contributed by atoms with Crippen molar-refractivity contribution < 1.29 is 18.7 Å². The molecule has 31 heavy (non-hydrogen) atoms. The monoisotopic (exact) mass is 446 g/mol. The molecule has 7 nitrogen and oxygen atoms in total. The van der Waals surface area contributed by atoms with Gasteiger partial charge in [-0.1, -0.05) is 37.7 Å². The topological polar surface area (TPSA) is 89.7 Å².